The number of hydrogen-bond donors (Lipinski definition) is 2. The Bertz CT molecular complexity index is 4540. The van der Waals surface area contributed by atoms with Crippen LogP contribution in [0.2, 0.25) is 0 Å². The molecule has 19 nitrogen and oxygen atoms in total. The van der Waals surface area contributed by atoms with Gasteiger partial charge in [0, 0.05) is 132 Å². The maximum absolute atomic E-state index is 12.7. The summed E-state index contributed by atoms with van der Waals surface area (Å²) in [4.78, 5) is 122. The SMILES string of the molecule is C=C1CCCc2cc(Br)ccc21.CC(=O)NC[C@H]1CN(c2ccc3c(c2)CCCC(=O)C3)C(=O)O1.CC(=O)Nc1ccc2c(c1)CCCC2=O.COc1ccc(CN(C[C@H]2CN(c3ccc4c(c3)CCCC(=O)C4)C(=O)O2)C(C)=O)c(OC)c1.O=C1CCCc2cc(Br)ccc21.O=C1CCCc2cc(Br)ccc2C1. The molecule has 2 saturated heterocycles. The maximum Gasteiger partial charge on any atom is 0.414 e. The van der Waals surface area contributed by atoms with Crippen molar-refractivity contribution in [1.82, 2.24) is 10.2 Å². The van der Waals surface area contributed by atoms with E-state index in [-0.39, 0.29) is 47.7 Å². The molecule has 5 amide bonds. The van der Waals surface area contributed by atoms with E-state index in [2.05, 4.69) is 95.3 Å². The molecule has 2 fully saturated rings. The lowest BCUT2D eigenvalue weighted by Crippen LogP contribution is -2.37. The zero-order valence-corrected chi connectivity index (χ0v) is 67.3. The molecule has 2 aliphatic heterocycles. The van der Waals surface area contributed by atoms with Crippen LogP contribution in [0.25, 0.3) is 5.57 Å². The van der Waals surface area contributed by atoms with Crippen molar-refractivity contribution in [1.29, 1.82) is 0 Å². The molecule has 22 heteroatoms. The zero-order chi connectivity index (χ0) is 77.8. The molecule has 0 spiro atoms. The second-order valence-corrected chi connectivity index (χ2v) is 31.2. The summed E-state index contributed by atoms with van der Waals surface area (Å²) in [5.74, 6) is 2.35. The number of allylic oxidation sites excluding steroid dienone is 1. The second kappa shape index (κ2) is 39.3. The fraction of sp³-hybridized carbons (Fsp3) is 0.379. The highest BCUT2D eigenvalue weighted by atomic mass is 79.9. The van der Waals surface area contributed by atoms with Gasteiger partial charge < -0.3 is 34.5 Å². The van der Waals surface area contributed by atoms with E-state index in [0.717, 1.165) is 148 Å². The fourth-order valence-corrected chi connectivity index (χ4v) is 15.9. The van der Waals surface area contributed by atoms with Crippen LogP contribution in [0.4, 0.5) is 26.7 Å². The molecule has 2 N–H and O–H groups in total. The number of nitrogens with one attached hydrogen (secondary N) is 2. The quantitative estimate of drug-likeness (QED) is 0.115. The molecule has 109 heavy (non-hydrogen) atoms. The van der Waals surface area contributed by atoms with Gasteiger partial charge in [-0.05, 0) is 236 Å². The molecule has 2 heterocycles. The standard InChI is InChI=1S/C26H30N2O6.C17H20N2O4.C12H13NO2.C11H11BrO.C11H11Br.C10H9BrO/c1-17(29)27(14-20-8-10-23(32-2)13-25(20)33-3)15-24-16-28(26(31)34-24)21-9-7-19-12-22(30)6-4-5-18(19)11-21;1-11(20)18-9-16-10-19(17(22)23-16)14-6-5-13-8-15(21)4-2-3-12(13)7-14;1-8(14)13-10-5-6-11-9(7-10)3-2-4-12(11)15;12-10-5-4-9-7-11(13)3-1-2-8(9)6-10;1-8-3-2-4-9-7-10(12)5-6-11(8)9;11-8-4-5-9-7(6-8)2-1-3-10(9)12/h7-11,13,24H,4-6,12,14-16H2,1-3H3;5-7,16H,2-4,8-10H2,1H3,(H,18,20);5-7H,2-4H2,1H3,(H,13,14);4-6H,1-3,7H2;5-7H,1-4H2;4-6H,1-3H2/t24-;16-;;;;/m00..../s1. The Kier molecular flexibility index (Phi) is 29.6. The number of carbonyl (C=O) groups excluding carboxylic acids is 10. The first-order valence-corrected chi connectivity index (χ1v) is 39.7. The molecule has 572 valence electrons. The maximum atomic E-state index is 12.7. The summed E-state index contributed by atoms with van der Waals surface area (Å²) in [7, 11) is 3.16. The van der Waals surface area contributed by atoms with Crippen molar-refractivity contribution in [3.8, 4) is 11.5 Å². The molecule has 8 aliphatic rings. The number of fused-ring (bicyclic) bond motifs is 6. The van der Waals surface area contributed by atoms with Crippen LogP contribution in [0, 0.1) is 0 Å². The number of anilines is 3. The van der Waals surface area contributed by atoms with Crippen LogP contribution in [0.3, 0.4) is 0 Å². The summed E-state index contributed by atoms with van der Waals surface area (Å²) in [6, 6.07) is 41.1. The molecule has 6 aliphatic carbocycles. The third-order valence-corrected chi connectivity index (χ3v) is 21.7. The normalized spacial score (nSPS) is 17.4. The zero-order valence-electron chi connectivity index (χ0n) is 62.6. The first-order valence-electron chi connectivity index (χ1n) is 37.3. The number of benzene rings is 7. The molecule has 15 rings (SSSR count). The van der Waals surface area contributed by atoms with Gasteiger partial charge in [0.15, 0.2) is 11.6 Å². The van der Waals surface area contributed by atoms with Crippen molar-refractivity contribution < 1.29 is 66.9 Å². The molecule has 0 saturated carbocycles. The molecule has 0 bridgehead atoms. The van der Waals surface area contributed by atoms with Crippen LogP contribution in [0.1, 0.15) is 180 Å². The lowest BCUT2D eigenvalue weighted by Gasteiger charge is -2.24. The Morgan fingerprint density at radius 2 is 0.908 bits per heavy atom. The van der Waals surface area contributed by atoms with Gasteiger partial charge in [0.25, 0.3) is 0 Å². The average Bonchev–Trinajstić information content (AvgIpc) is 1.74. The van der Waals surface area contributed by atoms with Crippen molar-refractivity contribution in [3.63, 3.8) is 0 Å². The topological polar surface area (TPSA) is 241 Å². The number of Topliss-reactive ketones (excluding diaryl/α,β-unsaturated/α-hetero) is 5. The minimum absolute atomic E-state index is 0.0860. The summed E-state index contributed by atoms with van der Waals surface area (Å²) in [5, 5.41) is 5.38. The minimum Gasteiger partial charge on any atom is -0.497 e. The Labute approximate surface area is 663 Å². The van der Waals surface area contributed by atoms with Crippen molar-refractivity contribution in [3.05, 3.63) is 220 Å². The van der Waals surface area contributed by atoms with Crippen LogP contribution in [0.15, 0.2) is 147 Å². The van der Waals surface area contributed by atoms with Gasteiger partial charge in [-0.15, -0.1) is 0 Å². The van der Waals surface area contributed by atoms with Gasteiger partial charge in [-0.2, -0.15) is 0 Å². The van der Waals surface area contributed by atoms with Gasteiger partial charge >= 0.3 is 12.2 Å². The monoisotopic (exact) mass is 1670 g/mol. The first kappa shape index (κ1) is 82.1. The van der Waals surface area contributed by atoms with E-state index in [1.807, 2.05) is 84.9 Å². The van der Waals surface area contributed by atoms with E-state index in [1.165, 1.54) is 71.5 Å². The fourth-order valence-electron chi connectivity index (χ4n) is 14.6. The number of cyclic esters (lactones) is 2. The highest BCUT2D eigenvalue weighted by Gasteiger charge is 2.36. The Morgan fingerprint density at radius 3 is 1.42 bits per heavy atom. The number of ketones is 5. The van der Waals surface area contributed by atoms with Crippen molar-refractivity contribution >= 4 is 129 Å². The van der Waals surface area contributed by atoms with Crippen LogP contribution in [-0.4, -0.2) is 116 Å². The van der Waals surface area contributed by atoms with Crippen molar-refractivity contribution in [2.75, 3.05) is 55.5 Å². The van der Waals surface area contributed by atoms with Crippen molar-refractivity contribution in [2.45, 2.75) is 174 Å². The van der Waals surface area contributed by atoms with Gasteiger partial charge in [0.2, 0.25) is 17.7 Å². The van der Waals surface area contributed by atoms with Crippen LogP contribution >= 0.6 is 47.8 Å². The summed E-state index contributed by atoms with van der Waals surface area (Å²) in [6.45, 7) is 10.1. The number of rotatable bonds is 11. The summed E-state index contributed by atoms with van der Waals surface area (Å²) in [5.41, 5.74) is 18.1. The summed E-state index contributed by atoms with van der Waals surface area (Å²) < 4.78 is 25.0. The summed E-state index contributed by atoms with van der Waals surface area (Å²) >= 11 is 10.3. The average molecular weight is 1670 g/mol. The third kappa shape index (κ3) is 23.3. The molecule has 7 aromatic rings. The van der Waals surface area contributed by atoms with Crippen LogP contribution in [-0.2, 0) is 103 Å². The van der Waals surface area contributed by atoms with E-state index in [0.29, 0.717) is 94.2 Å². The molecule has 0 aromatic heterocycles. The van der Waals surface area contributed by atoms with E-state index in [9.17, 15) is 47.9 Å². The number of amides is 5. The summed E-state index contributed by atoms with van der Waals surface area (Å²) in [6.07, 6.45) is 16.1. The predicted octanol–water partition coefficient (Wildman–Crippen LogP) is 16.9. The van der Waals surface area contributed by atoms with Crippen molar-refractivity contribution in [2.24, 2.45) is 0 Å². The largest absolute Gasteiger partial charge is 0.497 e. The lowest BCUT2D eigenvalue weighted by molar-refractivity contribution is -0.130. The molecule has 0 unspecified atom stereocenters. The van der Waals surface area contributed by atoms with Gasteiger partial charge in [0.1, 0.15) is 41.1 Å². The Balaban J connectivity index is 0.000000147. The smallest absolute Gasteiger partial charge is 0.414 e. The van der Waals surface area contributed by atoms with E-state index in [4.69, 9.17) is 18.9 Å². The number of aryl methyl sites for hydroxylation is 6. The van der Waals surface area contributed by atoms with E-state index < -0.39 is 18.3 Å². The molecule has 7 aromatic carbocycles. The number of halogens is 3. The Hall–Kier alpha value is -9.38. The highest BCUT2D eigenvalue weighted by molar-refractivity contribution is 9.11. The molecule has 0 radical (unpaired) electrons. The minimum atomic E-state index is -0.457. The van der Waals surface area contributed by atoms with Gasteiger partial charge in [-0.3, -0.25) is 48.2 Å². The van der Waals surface area contributed by atoms with Gasteiger partial charge in [-0.25, -0.2) is 9.59 Å². The van der Waals surface area contributed by atoms with E-state index in [1.54, 1.807) is 41.1 Å². The Morgan fingerprint density at radius 1 is 0.468 bits per heavy atom. The number of methoxy groups -OCH3 is 2. The number of ether oxygens (including phenoxy) is 4. The number of nitrogens with zero attached hydrogens (tertiary/aromatic N) is 3. The lowest BCUT2D eigenvalue weighted by atomic mass is 9.88. The molecular formula is C87H94Br3N5O14. The highest BCUT2D eigenvalue weighted by Crippen LogP contribution is 2.35. The molecular weight excluding hydrogens is 1580 g/mol. The predicted molar refractivity (Wildman–Crippen MR) is 432 cm³/mol. The second-order valence-electron chi connectivity index (χ2n) is 28.4. The number of hydrogen-bond acceptors (Lipinski definition) is 14. The molecule has 2 atom stereocenters. The first-order chi connectivity index (χ1) is 52.4. The third-order valence-electron chi connectivity index (χ3n) is 20.3. The number of carbonyl (C=O) groups is 10. The van der Waals surface area contributed by atoms with Crippen LogP contribution in [0.5, 0.6) is 11.5 Å². The van der Waals surface area contributed by atoms with Crippen LogP contribution < -0.4 is 29.9 Å². The van der Waals surface area contributed by atoms with Gasteiger partial charge in [0.05, 0.1) is 40.4 Å². The van der Waals surface area contributed by atoms with Gasteiger partial charge in [-0.1, -0.05) is 84.7 Å². The van der Waals surface area contributed by atoms with E-state index >= 15 is 0 Å².